The lowest BCUT2D eigenvalue weighted by molar-refractivity contribution is 0.932. The Morgan fingerprint density at radius 3 is 3.06 bits per heavy atom. The zero-order chi connectivity index (χ0) is 12.8. The first-order valence-electron chi connectivity index (χ1n) is 5.89. The van der Waals surface area contributed by atoms with Gasteiger partial charge in [0.25, 0.3) is 0 Å². The average Bonchev–Trinajstić information content (AvgIpc) is 2.82. The van der Waals surface area contributed by atoms with Crippen molar-refractivity contribution in [1.82, 2.24) is 15.0 Å². The van der Waals surface area contributed by atoms with E-state index in [1.54, 1.807) is 29.3 Å². The van der Waals surface area contributed by atoms with Gasteiger partial charge >= 0.3 is 0 Å². The number of hydrogen-bond donors (Lipinski definition) is 1. The molecule has 0 saturated carbocycles. The molecule has 1 N–H and O–H groups in total. The summed E-state index contributed by atoms with van der Waals surface area (Å²) in [5.74, 6) is 0.870. The number of nitrogens with zero attached hydrogens (tertiary/aromatic N) is 3. The fraction of sp³-hybridized carbons (Fsp3) is 0.417. The van der Waals surface area contributed by atoms with Crippen LogP contribution in [-0.4, -0.2) is 21.5 Å². The van der Waals surface area contributed by atoms with Crippen LogP contribution in [-0.2, 0) is 5.75 Å². The standard InChI is InChI=1S/C12H16N4S2/c1-3-5-13-11-15-7-10(18-11)8-17-12-14-6-4-9(2)16-12/h4,6-7H,3,5,8H2,1-2H3,(H,13,15). The molecule has 96 valence electrons. The van der Waals surface area contributed by atoms with Crippen LogP contribution in [0.2, 0.25) is 0 Å². The third-order valence-electron chi connectivity index (χ3n) is 2.20. The number of nitrogens with one attached hydrogen (secondary N) is 1. The Morgan fingerprint density at radius 2 is 2.28 bits per heavy atom. The number of thioether (sulfide) groups is 1. The van der Waals surface area contributed by atoms with E-state index in [9.17, 15) is 0 Å². The molecule has 2 aromatic heterocycles. The second kappa shape index (κ2) is 6.70. The van der Waals surface area contributed by atoms with Crippen LogP contribution < -0.4 is 5.32 Å². The molecule has 2 heterocycles. The van der Waals surface area contributed by atoms with E-state index in [1.807, 2.05) is 19.2 Å². The Hall–Kier alpha value is -1.14. The number of hydrogen-bond acceptors (Lipinski definition) is 6. The number of aryl methyl sites for hydroxylation is 1. The van der Waals surface area contributed by atoms with Gasteiger partial charge < -0.3 is 5.32 Å². The van der Waals surface area contributed by atoms with Gasteiger partial charge in [-0.15, -0.1) is 11.3 Å². The minimum Gasteiger partial charge on any atom is -0.362 e. The first kappa shape index (κ1) is 13.3. The topological polar surface area (TPSA) is 50.7 Å². The molecule has 0 spiro atoms. The van der Waals surface area contributed by atoms with Gasteiger partial charge in [-0.3, -0.25) is 0 Å². The molecule has 0 atom stereocenters. The molecule has 18 heavy (non-hydrogen) atoms. The summed E-state index contributed by atoms with van der Waals surface area (Å²) < 4.78 is 0. The highest BCUT2D eigenvalue weighted by Gasteiger charge is 2.04. The normalized spacial score (nSPS) is 10.6. The number of anilines is 1. The number of rotatable bonds is 6. The molecule has 0 fully saturated rings. The molecular weight excluding hydrogens is 264 g/mol. The van der Waals surface area contributed by atoms with Gasteiger partial charge in [0.15, 0.2) is 10.3 Å². The lowest BCUT2D eigenvalue weighted by Crippen LogP contribution is -1.97. The van der Waals surface area contributed by atoms with Crippen molar-refractivity contribution < 1.29 is 0 Å². The van der Waals surface area contributed by atoms with Crippen LogP contribution in [0.1, 0.15) is 23.9 Å². The third kappa shape index (κ3) is 3.96. The van der Waals surface area contributed by atoms with E-state index in [1.165, 1.54) is 4.88 Å². The minimum atomic E-state index is 0.825. The quantitative estimate of drug-likeness (QED) is 0.649. The van der Waals surface area contributed by atoms with Gasteiger partial charge in [0.2, 0.25) is 0 Å². The van der Waals surface area contributed by atoms with Crippen LogP contribution in [0.4, 0.5) is 5.13 Å². The fourth-order valence-corrected chi connectivity index (χ4v) is 3.05. The molecular formula is C12H16N4S2. The van der Waals surface area contributed by atoms with Crippen LogP contribution in [0.3, 0.4) is 0 Å². The second-order valence-electron chi connectivity index (χ2n) is 3.83. The largest absolute Gasteiger partial charge is 0.362 e. The Kier molecular flexibility index (Phi) is 4.95. The molecule has 0 saturated heterocycles. The molecule has 4 nitrogen and oxygen atoms in total. The highest BCUT2D eigenvalue weighted by Crippen LogP contribution is 2.25. The van der Waals surface area contributed by atoms with Gasteiger partial charge in [-0.2, -0.15) is 0 Å². The maximum Gasteiger partial charge on any atom is 0.188 e. The molecule has 0 aromatic carbocycles. The molecule has 0 aliphatic heterocycles. The fourth-order valence-electron chi connectivity index (χ4n) is 1.32. The molecule has 2 rings (SSSR count). The van der Waals surface area contributed by atoms with Crippen molar-refractivity contribution in [2.75, 3.05) is 11.9 Å². The summed E-state index contributed by atoms with van der Waals surface area (Å²) in [5, 5.41) is 5.11. The van der Waals surface area contributed by atoms with E-state index in [0.29, 0.717) is 0 Å². The first-order chi connectivity index (χ1) is 8.78. The highest BCUT2D eigenvalue weighted by atomic mass is 32.2. The molecule has 2 aromatic rings. The van der Waals surface area contributed by atoms with Crippen LogP contribution in [0.15, 0.2) is 23.6 Å². The van der Waals surface area contributed by atoms with Crippen molar-refractivity contribution in [3.8, 4) is 0 Å². The summed E-state index contributed by atoms with van der Waals surface area (Å²) in [6, 6.07) is 1.91. The maximum absolute atomic E-state index is 4.37. The summed E-state index contributed by atoms with van der Waals surface area (Å²) in [4.78, 5) is 14.2. The predicted molar refractivity (Wildman–Crippen MR) is 77.2 cm³/mol. The van der Waals surface area contributed by atoms with E-state index in [0.717, 1.165) is 34.7 Å². The molecule has 6 heteroatoms. The summed E-state index contributed by atoms with van der Waals surface area (Å²) >= 11 is 3.34. The SMILES string of the molecule is CCCNc1ncc(CSc2nccc(C)n2)s1. The van der Waals surface area contributed by atoms with Crippen LogP contribution in [0.5, 0.6) is 0 Å². The smallest absolute Gasteiger partial charge is 0.188 e. The lowest BCUT2D eigenvalue weighted by atomic mass is 10.5. The summed E-state index contributed by atoms with van der Waals surface area (Å²) in [7, 11) is 0. The molecule has 0 unspecified atom stereocenters. The third-order valence-corrected chi connectivity index (χ3v) is 4.24. The average molecular weight is 280 g/mol. The lowest BCUT2D eigenvalue weighted by Gasteiger charge is -1.99. The summed E-state index contributed by atoms with van der Waals surface area (Å²) in [5.41, 5.74) is 1.00. The van der Waals surface area contributed by atoms with Crippen molar-refractivity contribution in [2.45, 2.75) is 31.2 Å². The van der Waals surface area contributed by atoms with E-state index in [2.05, 4.69) is 27.2 Å². The van der Waals surface area contributed by atoms with Crippen molar-refractivity contribution in [2.24, 2.45) is 0 Å². The zero-order valence-electron chi connectivity index (χ0n) is 10.5. The highest BCUT2D eigenvalue weighted by molar-refractivity contribution is 7.98. The first-order valence-corrected chi connectivity index (χ1v) is 7.69. The van der Waals surface area contributed by atoms with Gasteiger partial charge in [0, 0.05) is 35.3 Å². The van der Waals surface area contributed by atoms with Crippen molar-refractivity contribution in [3.05, 3.63) is 29.0 Å². The second-order valence-corrected chi connectivity index (χ2v) is 5.89. The van der Waals surface area contributed by atoms with Crippen molar-refractivity contribution in [3.63, 3.8) is 0 Å². The minimum absolute atomic E-state index is 0.825. The number of aromatic nitrogens is 3. The Bertz CT molecular complexity index is 498. The summed E-state index contributed by atoms with van der Waals surface area (Å²) in [6.45, 7) is 5.10. The Morgan fingerprint density at radius 1 is 1.39 bits per heavy atom. The van der Waals surface area contributed by atoms with Gasteiger partial charge in [0.05, 0.1) is 0 Å². The molecule has 0 radical (unpaired) electrons. The molecule has 0 amide bonds. The zero-order valence-corrected chi connectivity index (χ0v) is 12.1. The summed E-state index contributed by atoms with van der Waals surface area (Å²) in [6.07, 6.45) is 4.83. The van der Waals surface area contributed by atoms with Crippen molar-refractivity contribution in [1.29, 1.82) is 0 Å². The van der Waals surface area contributed by atoms with E-state index in [-0.39, 0.29) is 0 Å². The van der Waals surface area contributed by atoms with Gasteiger partial charge in [-0.25, -0.2) is 15.0 Å². The van der Waals surface area contributed by atoms with Gasteiger partial charge in [-0.05, 0) is 19.4 Å². The molecule has 0 bridgehead atoms. The predicted octanol–water partition coefficient (Wildman–Crippen LogP) is 3.36. The monoisotopic (exact) mass is 280 g/mol. The molecule has 0 aliphatic carbocycles. The van der Waals surface area contributed by atoms with Crippen LogP contribution in [0, 0.1) is 6.92 Å². The van der Waals surface area contributed by atoms with Gasteiger partial charge in [-0.1, -0.05) is 18.7 Å². The Balaban J connectivity index is 1.88. The Labute approximate surface area is 115 Å². The van der Waals surface area contributed by atoms with E-state index >= 15 is 0 Å². The maximum atomic E-state index is 4.37. The van der Waals surface area contributed by atoms with Crippen LogP contribution >= 0.6 is 23.1 Å². The van der Waals surface area contributed by atoms with Gasteiger partial charge in [0.1, 0.15) is 0 Å². The van der Waals surface area contributed by atoms with E-state index < -0.39 is 0 Å². The van der Waals surface area contributed by atoms with Crippen LogP contribution in [0.25, 0.3) is 0 Å². The molecule has 0 aliphatic rings. The number of thiazole rings is 1. The van der Waals surface area contributed by atoms with Crippen molar-refractivity contribution >= 4 is 28.2 Å². The van der Waals surface area contributed by atoms with E-state index in [4.69, 9.17) is 0 Å².